The van der Waals surface area contributed by atoms with Gasteiger partial charge in [-0.25, -0.2) is 0 Å². The summed E-state index contributed by atoms with van der Waals surface area (Å²) in [4.78, 5) is 22.9. The van der Waals surface area contributed by atoms with Crippen molar-refractivity contribution in [1.82, 2.24) is 10.6 Å². The third-order valence-corrected chi connectivity index (χ3v) is 3.96. The number of hydrogen-bond acceptors (Lipinski definition) is 3. The highest BCUT2D eigenvalue weighted by Crippen LogP contribution is 2.23. The molecular formula is C13H22N2O3. The van der Waals surface area contributed by atoms with E-state index in [0.717, 1.165) is 25.7 Å². The average molecular weight is 254 g/mol. The Labute approximate surface area is 107 Å². The van der Waals surface area contributed by atoms with Crippen molar-refractivity contribution < 1.29 is 14.7 Å². The molecule has 0 aromatic rings. The van der Waals surface area contributed by atoms with Crippen LogP contribution in [0, 0.1) is 11.8 Å². The van der Waals surface area contributed by atoms with E-state index in [4.69, 9.17) is 0 Å². The number of aliphatic hydroxyl groups is 1. The number of piperidine rings is 1. The van der Waals surface area contributed by atoms with E-state index in [-0.39, 0.29) is 23.8 Å². The molecule has 1 heterocycles. The smallest absolute Gasteiger partial charge is 0.224 e. The van der Waals surface area contributed by atoms with Crippen molar-refractivity contribution >= 4 is 11.8 Å². The molecule has 2 aliphatic rings. The fourth-order valence-electron chi connectivity index (χ4n) is 2.79. The Morgan fingerprint density at radius 2 is 2.22 bits per heavy atom. The van der Waals surface area contributed by atoms with Gasteiger partial charge in [-0.05, 0) is 31.6 Å². The van der Waals surface area contributed by atoms with Crippen molar-refractivity contribution in [2.75, 3.05) is 13.1 Å². The molecule has 18 heavy (non-hydrogen) atoms. The lowest BCUT2D eigenvalue weighted by Crippen LogP contribution is -2.44. The lowest BCUT2D eigenvalue weighted by atomic mass is 9.87. The summed E-state index contributed by atoms with van der Waals surface area (Å²) in [7, 11) is 0. The minimum Gasteiger partial charge on any atom is -0.393 e. The molecule has 1 saturated carbocycles. The number of carbonyl (C=O) groups is 2. The van der Waals surface area contributed by atoms with Gasteiger partial charge in [0.2, 0.25) is 11.8 Å². The highest BCUT2D eigenvalue weighted by atomic mass is 16.3. The van der Waals surface area contributed by atoms with Crippen LogP contribution in [0.3, 0.4) is 0 Å². The predicted molar refractivity (Wildman–Crippen MR) is 66.7 cm³/mol. The Bertz CT molecular complexity index is 309. The van der Waals surface area contributed by atoms with E-state index in [1.165, 1.54) is 0 Å². The summed E-state index contributed by atoms with van der Waals surface area (Å²) in [6.45, 7) is 1.11. The molecule has 1 aliphatic heterocycles. The van der Waals surface area contributed by atoms with Gasteiger partial charge < -0.3 is 15.7 Å². The average Bonchev–Trinajstić information content (AvgIpc) is 2.37. The van der Waals surface area contributed by atoms with Crippen LogP contribution >= 0.6 is 0 Å². The molecule has 2 rings (SSSR count). The molecule has 0 aromatic heterocycles. The van der Waals surface area contributed by atoms with Crippen molar-refractivity contribution in [3.05, 3.63) is 0 Å². The second-order valence-electron chi connectivity index (χ2n) is 5.47. The molecule has 102 valence electrons. The minimum atomic E-state index is -0.199. The number of hydrogen-bond donors (Lipinski definition) is 3. The maximum Gasteiger partial charge on any atom is 0.224 e. The lowest BCUT2D eigenvalue weighted by Gasteiger charge is -2.27. The SMILES string of the molecule is O=C1CCC(C(=O)NCC2CCCC(O)C2)CN1. The monoisotopic (exact) mass is 254 g/mol. The van der Waals surface area contributed by atoms with Crippen LogP contribution in [0.1, 0.15) is 38.5 Å². The van der Waals surface area contributed by atoms with Crippen LogP contribution in [0.25, 0.3) is 0 Å². The Morgan fingerprint density at radius 1 is 1.39 bits per heavy atom. The first-order valence-electron chi connectivity index (χ1n) is 6.87. The van der Waals surface area contributed by atoms with Gasteiger partial charge in [0.15, 0.2) is 0 Å². The van der Waals surface area contributed by atoms with E-state index in [9.17, 15) is 14.7 Å². The summed E-state index contributed by atoms with van der Waals surface area (Å²) >= 11 is 0. The van der Waals surface area contributed by atoms with Gasteiger partial charge in [-0.1, -0.05) is 6.42 Å². The number of carbonyl (C=O) groups excluding carboxylic acids is 2. The molecule has 0 aromatic carbocycles. The van der Waals surface area contributed by atoms with Gasteiger partial charge in [0.25, 0.3) is 0 Å². The molecule has 3 atom stereocenters. The van der Waals surface area contributed by atoms with Gasteiger partial charge in [0.1, 0.15) is 0 Å². The van der Waals surface area contributed by atoms with E-state index in [0.29, 0.717) is 31.8 Å². The van der Waals surface area contributed by atoms with Gasteiger partial charge >= 0.3 is 0 Å². The summed E-state index contributed by atoms with van der Waals surface area (Å²) < 4.78 is 0. The normalized spacial score (nSPS) is 32.7. The summed E-state index contributed by atoms with van der Waals surface area (Å²) in [6.07, 6.45) is 4.70. The maximum absolute atomic E-state index is 11.9. The Hall–Kier alpha value is -1.10. The van der Waals surface area contributed by atoms with Crippen LogP contribution in [-0.2, 0) is 9.59 Å². The van der Waals surface area contributed by atoms with Gasteiger partial charge in [-0.3, -0.25) is 9.59 Å². The van der Waals surface area contributed by atoms with Crippen molar-refractivity contribution in [3.8, 4) is 0 Å². The number of rotatable bonds is 3. The van der Waals surface area contributed by atoms with Crippen molar-refractivity contribution in [3.63, 3.8) is 0 Å². The molecule has 3 N–H and O–H groups in total. The summed E-state index contributed by atoms with van der Waals surface area (Å²) in [5.74, 6) is 0.386. The van der Waals surface area contributed by atoms with Crippen LogP contribution in [0.4, 0.5) is 0 Å². The quantitative estimate of drug-likeness (QED) is 0.672. The van der Waals surface area contributed by atoms with Crippen LogP contribution in [-0.4, -0.2) is 36.1 Å². The number of aliphatic hydroxyl groups excluding tert-OH is 1. The summed E-state index contributed by atoms with van der Waals surface area (Å²) in [6, 6.07) is 0. The zero-order valence-corrected chi connectivity index (χ0v) is 10.7. The van der Waals surface area contributed by atoms with E-state index in [2.05, 4.69) is 10.6 Å². The number of amides is 2. The molecule has 0 radical (unpaired) electrons. The summed E-state index contributed by atoms with van der Waals surface area (Å²) in [5.41, 5.74) is 0. The zero-order valence-electron chi connectivity index (χ0n) is 10.7. The largest absolute Gasteiger partial charge is 0.393 e. The Kier molecular flexibility index (Phi) is 4.58. The maximum atomic E-state index is 11.9. The highest BCUT2D eigenvalue weighted by Gasteiger charge is 2.26. The fourth-order valence-corrected chi connectivity index (χ4v) is 2.79. The lowest BCUT2D eigenvalue weighted by molar-refractivity contribution is -0.129. The molecule has 1 aliphatic carbocycles. The molecule has 2 amide bonds. The zero-order chi connectivity index (χ0) is 13.0. The molecule has 0 spiro atoms. The van der Waals surface area contributed by atoms with Crippen molar-refractivity contribution in [2.24, 2.45) is 11.8 Å². The first kappa shape index (κ1) is 13.3. The van der Waals surface area contributed by atoms with Crippen molar-refractivity contribution in [1.29, 1.82) is 0 Å². The molecule has 5 heteroatoms. The molecule has 1 saturated heterocycles. The van der Waals surface area contributed by atoms with Gasteiger partial charge in [0, 0.05) is 19.5 Å². The van der Waals surface area contributed by atoms with Gasteiger partial charge in [-0.15, -0.1) is 0 Å². The molecule has 0 bridgehead atoms. The highest BCUT2D eigenvalue weighted by molar-refractivity contribution is 5.83. The predicted octanol–water partition coefficient (Wildman–Crippen LogP) is 0.180. The first-order chi connectivity index (χ1) is 8.65. The van der Waals surface area contributed by atoms with Crippen molar-refractivity contribution in [2.45, 2.75) is 44.6 Å². The first-order valence-corrected chi connectivity index (χ1v) is 6.87. The summed E-state index contributed by atoms with van der Waals surface area (Å²) in [5, 5.41) is 15.2. The Balaban J connectivity index is 1.69. The topological polar surface area (TPSA) is 78.4 Å². The third-order valence-electron chi connectivity index (χ3n) is 3.96. The standard InChI is InChI=1S/C13H22N2O3/c16-11-3-1-2-9(6-11)7-15-13(18)10-4-5-12(17)14-8-10/h9-11,16H,1-8H2,(H,14,17)(H,15,18). The van der Waals surface area contributed by atoms with E-state index < -0.39 is 0 Å². The molecule has 3 unspecified atom stereocenters. The second kappa shape index (κ2) is 6.18. The van der Waals surface area contributed by atoms with E-state index in [1.807, 2.05) is 0 Å². The van der Waals surface area contributed by atoms with Gasteiger partial charge in [-0.2, -0.15) is 0 Å². The molecular weight excluding hydrogens is 232 g/mol. The minimum absolute atomic E-state index is 0.0365. The van der Waals surface area contributed by atoms with E-state index in [1.54, 1.807) is 0 Å². The fraction of sp³-hybridized carbons (Fsp3) is 0.846. The van der Waals surface area contributed by atoms with Crippen LogP contribution in [0.2, 0.25) is 0 Å². The number of nitrogens with one attached hydrogen (secondary N) is 2. The molecule has 5 nitrogen and oxygen atoms in total. The van der Waals surface area contributed by atoms with Crippen LogP contribution in [0.5, 0.6) is 0 Å². The van der Waals surface area contributed by atoms with Crippen LogP contribution < -0.4 is 10.6 Å². The van der Waals surface area contributed by atoms with Crippen LogP contribution in [0.15, 0.2) is 0 Å². The second-order valence-corrected chi connectivity index (χ2v) is 5.47. The van der Waals surface area contributed by atoms with Gasteiger partial charge in [0.05, 0.1) is 12.0 Å². The molecule has 2 fully saturated rings. The third kappa shape index (κ3) is 3.70. The Morgan fingerprint density at radius 3 is 2.89 bits per heavy atom. The van der Waals surface area contributed by atoms with E-state index >= 15 is 0 Å².